The molecule has 0 aliphatic carbocycles. The van der Waals surface area contributed by atoms with E-state index in [9.17, 15) is 8.42 Å². The van der Waals surface area contributed by atoms with Crippen molar-refractivity contribution in [2.24, 2.45) is 0 Å². The molecule has 0 saturated carbocycles. The maximum atomic E-state index is 11.0. The van der Waals surface area contributed by atoms with Crippen molar-refractivity contribution in [3.8, 4) is 0 Å². The summed E-state index contributed by atoms with van der Waals surface area (Å²) in [5.41, 5.74) is 2.76. The van der Waals surface area contributed by atoms with Gasteiger partial charge in [0.1, 0.15) is 9.84 Å². The molecule has 0 aromatic heterocycles. The van der Waals surface area contributed by atoms with Crippen LogP contribution in [0.25, 0.3) is 0 Å². The van der Waals surface area contributed by atoms with Crippen molar-refractivity contribution < 1.29 is 8.42 Å². The van der Waals surface area contributed by atoms with E-state index in [1.165, 1.54) is 17.4 Å². The Kier molecular flexibility index (Phi) is 5.29. The molecule has 1 aromatic carbocycles. The van der Waals surface area contributed by atoms with E-state index in [1.54, 1.807) is 11.8 Å². The van der Waals surface area contributed by atoms with E-state index in [4.69, 9.17) is 0 Å². The summed E-state index contributed by atoms with van der Waals surface area (Å²) in [6, 6.07) is 8.58. The predicted octanol–water partition coefficient (Wildman–Crippen LogP) is 3.26. The minimum absolute atomic E-state index is 0.183. The van der Waals surface area contributed by atoms with Crippen LogP contribution in [0.1, 0.15) is 31.9 Å². The highest BCUT2D eigenvalue weighted by atomic mass is 32.2. The Balaban J connectivity index is 2.45. The Morgan fingerprint density at radius 2 is 1.67 bits per heavy atom. The highest BCUT2D eigenvalue weighted by molar-refractivity contribution is 7.99. The van der Waals surface area contributed by atoms with Crippen molar-refractivity contribution in [3.63, 3.8) is 0 Å². The van der Waals surface area contributed by atoms with E-state index in [-0.39, 0.29) is 11.2 Å². The first-order chi connectivity index (χ1) is 8.18. The lowest BCUT2D eigenvalue weighted by molar-refractivity contribution is 0.590. The van der Waals surface area contributed by atoms with Gasteiger partial charge < -0.3 is 0 Å². The molecule has 102 valence electrons. The number of benzene rings is 1. The van der Waals surface area contributed by atoms with Gasteiger partial charge in [0.25, 0.3) is 0 Å². The van der Waals surface area contributed by atoms with Crippen molar-refractivity contribution in [3.05, 3.63) is 35.4 Å². The molecule has 4 heteroatoms. The van der Waals surface area contributed by atoms with Gasteiger partial charge in [-0.05, 0) is 16.5 Å². The first kappa shape index (κ1) is 15.6. The van der Waals surface area contributed by atoms with Gasteiger partial charge in [0.2, 0.25) is 0 Å². The molecule has 18 heavy (non-hydrogen) atoms. The van der Waals surface area contributed by atoms with Gasteiger partial charge in [-0.25, -0.2) is 8.42 Å². The number of sulfone groups is 1. The Morgan fingerprint density at radius 1 is 1.11 bits per heavy atom. The summed E-state index contributed by atoms with van der Waals surface area (Å²) >= 11 is 1.67. The molecule has 0 bridgehead atoms. The van der Waals surface area contributed by atoms with E-state index in [1.807, 2.05) is 0 Å². The molecule has 1 rings (SSSR count). The molecule has 0 amide bonds. The van der Waals surface area contributed by atoms with E-state index in [0.29, 0.717) is 5.75 Å². The molecule has 0 radical (unpaired) electrons. The van der Waals surface area contributed by atoms with Crippen LogP contribution in [0.3, 0.4) is 0 Å². The molecule has 0 N–H and O–H groups in total. The number of hydrogen-bond acceptors (Lipinski definition) is 3. The number of thioether (sulfide) groups is 1. The second-order valence-electron chi connectivity index (χ2n) is 5.63. The van der Waals surface area contributed by atoms with Crippen LogP contribution in [0.15, 0.2) is 24.3 Å². The van der Waals surface area contributed by atoms with Crippen molar-refractivity contribution >= 4 is 21.6 Å². The fourth-order valence-corrected chi connectivity index (χ4v) is 3.76. The highest BCUT2D eigenvalue weighted by Crippen LogP contribution is 2.23. The van der Waals surface area contributed by atoms with Gasteiger partial charge in [0.15, 0.2) is 0 Å². The van der Waals surface area contributed by atoms with Gasteiger partial charge in [-0.2, -0.15) is 11.8 Å². The standard InChI is InChI=1S/C14H22O2S2/c1-14(2,3)13-7-5-12(6-8-13)11-17-9-10-18(4,15)16/h5-8H,9-11H2,1-4H3. The van der Waals surface area contributed by atoms with E-state index in [2.05, 4.69) is 45.0 Å². The molecule has 0 aliphatic rings. The van der Waals surface area contributed by atoms with Crippen LogP contribution in [-0.4, -0.2) is 26.2 Å². The Hall–Kier alpha value is -0.480. The van der Waals surface area contributed by atoms with Crippen LogP contribution in [0.5, 0.6) is 0 Å². The third-order valence-corrected chi connectivity index (χ3v) is 4.92. The van der Waals surface area contributed by atoms with Gasteiger partial charge in [-0.3, -0.25) is 0 Å². The zero-order valence-corrected chi connectivity index (χ0v) is 13.2. The molecule has 0 atom stereocenters. The van der Waals surface area contributed by atoms with Crippen LogP contribution >= 0.6 is 11.8 Å². The quantitative estimate of drug-likeness (QED) is 0.779. The molecule has 0 heterocycles. The zero-order valence-electron chi connectivity index (χ0n) is 11.6. The van der Waals surface area contributed by atoms with Gasteiger partial charge in [0.05, 0.1) is 5.75 Å². The average Bonchev–Trinajstić information content (AvgIpc) is 2.22. The maximum Gasteiger partial charge on any atom is 0.148 e. The molecule has 2 nitrogen and oxygen atoms in total. The third kappa shape index (κ3) is 5.91. The summed E-state index contributed by atoms with van der Waals surface area (Å²) in [5, 5.41) is 0. The maximum absolute atomic E-state index is 11.0. The average molecular weight is 286 g/mol. The van der Waals surface area contributed by atoms with Crippen LogP contribution < -0.4 is 0 Å². The highest BCUT2D eigenvalue weighted by Gasteiger charge is 2.12. The zero-order chi connectivity index (χ0) is 13.8. The summed E-state index contributed by atoms with van der Waals surface area (Å²) in [4.78, 5) is 0. The van der Waals surface area contributed by atoms with Crippen LogP contribution in [-0.2, 0) is 21.0 Å². The monoisotopic (exact) mass is 286 g/mol. The van der Waals surface area contributed by atoms with Crippen LogP contribution in [0.4, 0.5) is 0 Å². The van der Waals surface area contributed by atoms with Crippen molar-refractivity contribution in [1.29, 1.82) is 0 Å². The van der Waals surface area contributed by atoms with Gasteiger partial charge >= 0.3 is 0 Å². The predicted molar refractivity (Wildman–Crippen MR) is 81.0 cm³/mol. The Morgan fingerprint density at radius 3 is 2.11 bits per heavy atom. The summed E-state index contributed by atoms with van der Waals surface area (Å²) < 4.78 is 22.0. The lowest BCUT2D eigenvalue weighted by atomic mass is 9.87. The topological polar surface area (TPSA) is 34.1 Å². The third-order valence-electron chi connectivity index (χ3n) is 2.69. The molecular weight excluding hydrogens is 264 g/mol. The van der Waals surface area contributed by atoms with E-state index in [0.717, 1.165) is 5.75 Å². The fourth-order valence-electron chi connectivity index (χ4n) is 1.50. The SMILES string of the molecule is CC(C)(C)c1ccc(CSCCS(C)(=O)=O)cc1. The van der Waals surface area contributed by atoms with Gasteiger partial charge in [0, 0.05) is 17.8 Å². The minimum Gasteiger partial charge on any atom is -0.229 e. The summed E-state index contributed by atoms with van der Waals surface area (Å²) in [6.45, 7) is 6.59. The Labute approximate surface area is 115 Å². The summed E-state index contributed by atoms with van der Waals surface area (Å²) in [5.74, 6) is 1.80. The first-order valence-electron chi connectivity index (χ1n) is 6.03. The van der Waals surface area contributed by atoms with Crippen LogP contribution in [0.2, 0.25) is 0 Å². The van der Waals surface area contributed by atoms with Crippen LogP contribution in [0, 0.1) is 0 Å². The molecule has 0 saturated heterocycles. The van der Waals surface area contributed by atoms with Gasteiger partial charge in [-0.15, -0.1) is 0 Å². The molecule has 0 spiro atoms. The Bertz CT molecular complexity index is 468. The summed E-state index contributed by atoms with van der Waals surface area (Å²) in [7, 11) is -2.83. The number of rotatable bonds is 5. The van der Waals surface area contributed by atoms with Gasteiger partial charge in [-0.1, -0.05) is 45.0 Å². The van der Waals surface area contributed by atoms with E-state index < -0.39 is 9.84 Å². The largest absolute Gasteiger partial charge is 0.229 e. The lowest BCUT2D eigenvalue weighted by Crippen LogP contribution is -2.10. The normalized spacial score (nSPS) is 12.7. The lowest BCUT2D eigenvalue weighted by Gasteiger charge is -2.19. The molecule has 0 fully saturated rings. The van der Waals surface area contributed by atoms with Crippen molar-refractivity contribution in [2.45, 2.75) is 31.9 Å². The second-order valence-corrected chi connectivity index (χ2v) is 8.99. The first-order valence-corrected chi connectivity index (χ1v) is 9.25. The smallest absolute Gasteiger partial charge is 0.148 e. The van der Waals surface area contributed by atoms with Crippen molar-refractivity contribution in [1.82, 2.24) is 0 Å². The van der Waals surface area contributed by atoms with E-state index >= 15 is 0 Å². The molecular formula is C14H22O2S2. The number of hydrogen-bond donors (Lipinski definition) is 0. The molecule has 1 aromatic rings. The second kappa shape index (κ2) is 6.11. The summed E-state index contributed by atoms with van der Waals surface area (Å²) in [6.07, 6.45) is 1.28. The fraction of sp³-hybridized carbons (Fsp3) is 0.571. The minimum atomic E-state index is -2.83. The van der Waals surface area contributed by atoms with Crippen molar-refractivity contribution in [2.75, 3.05) is 17.8 Å². The molecule has 0 unspecified atom stereocenters. The molecule has 0 aliphatic heterocycles.